The third-order valence-electron chi connectivity index (χ3n) is 5.15. The van der Waals surface area contributed by atoms with Crippen molar-refractivity contribution in [1.82, 2.24) is 15.1 Å². The molecule has 2 aromatic carbocycles. The van der Waals surface area contributed by atoms with Gasteiger partial charge in [0, 0.05) is 12.2 Å². The first-order valence-corrected chi connectivity index (χ1v) is 9.71. The predicted molar refractivity (Wildman–Crippen MR) is 109 cm³/mol. The van der Waals surface area contributed by atoms with E-state index in [2.05, 4.69) is 47.7 Å². The summed E-state index contributed by atoms with van der Waals surface area (Å²) in [6.45, 7) is 5.11. The van der Waals surface area contributed by atoms with Crippen molar-refractivity contribution in [2.24, 2.45) is 5.92 Å². The molecule has 0 aliphatic carbocycles. The van der Waals surface area contributed by atoms with E-state index in [1.165, 1.54) is 5.56 Å². The number of aryl methyl sites for hydroxylation is 2. The number of amides is 1. The van der Waals surface area contributed by atoms with Gasteiger partial charge in [0.1, 0.15) is 12.4 Å². The average molecular weight is 375 g/mol. The van der Waals surface area contributed by atoms with E-state index in [4.69, 9.17) is 4.74 Å². The summed E-state index contributed by atoms with van der Waals surface area (Å²) >= 11 is 0. The molecule has 1 unspecified atom stereocenters. The minimum Gasteiger partial charge on any atom is -0.492 e. The topological polar surface area (TPSA) is 56.2 Å². The molecule has 0 saturated carbocycles. The summed E-state index contributed by atoms with van der Waals surface area (Å²) < 4.78 is 7.67. The second-order valence-electron chi connectivity index (χ2n) is 7.37. The zero-order valence-electron chi connectivity index (χ0n) is 16.3. The first-order valence-electron chi connectivity index (χ1n) is 9.71. The second kappa shape index (κ2) is 7.89. The van der Waals surface area contributed by atoms with Crippen molar-refractivity contribution in [2.45, 2.75) is 26.7 Å². The monoisotopic (exact) mass is 375 g/mol. The van der Waals surface area contributed by atoms with Gasteiger partial charge in [-0.05, 0) is 62.1 Å². The Balaban J connectivity index is 1.29. The summed E-state index contributed by atoms with van der Waals surface area (Å²) in [5.41, 5.74) is 5.48. The Labute approximate surface area is 165 Å². The standard InChI is InChI=1S/C23H25N3O2/c1-16-13-17(2)26(25-16)21-9-7-18(8-10-21)11-12-24-23(27)20-14-19-5-3-4-6-22(19)28-15-20/h3-10,13,20H,11-12,14-15H2,1-2H3,(H,24,27). The van der Waals surface area contributed by atoms with E-state index in [1.807, 2.05) is 35.9 Å². The molecule has 1 amide bonds. The molecular weight excluding hydrogens is 350 g/mol. The van der Waals surface area contributed by atoms with Gasteiger partial charge in [0.25, 0.3) is 0 Å². The highest BCUT2D eigenvalue weighted by molar-refractivity contribution is 5.79. The van der Waals surface area contributed by atoms with Gasteiger partial charge in [0.05, 0.1) is 17.3 Å². The summed E-state index contributed by atoms with van der Waals surface area (Å²) in [5, 5.41) is 7.57. The number of nitrogens with zero attached hydrogens (tertiary/aromatic N) is 2. The van der Waals surface area contributed by atoms with Crippen LogP contribution in [-0.2, 0) is 17.6 Å². The summed E-state index contributed by atoms with van der Waals surface area (Å²) in [5.74, 6) is 0.839. The Morgan fingerprint density at radius 2 is 1.96 bits per heavy atom. The lowest BCUT2D eigenvalue weighted by Crippen LogP contribution is -2.38. The molecule has 144 valence electrons. The first-order chi connectivity index (χ1) is 13.6. The molecule has 5 nitrogen and oxygen atoms in total. The summed E-state index contributed by atoms with van der Waals surface area (Å²) in [6, 6.07) is 18.3. The molecule has 0 radical (unpaired) electrons. The minimum atomic E-state index is -0.122. The number of carbonyl (C=O) groups excluding carboxylic acids is 1. The van der Waals surface area contributed by atoms with Crippen molar-refractivity contribution in [3.63, 3.8) is 0 Å². The van der Waals surface area contributed by atoms with Crippen LogP contribution >= 0.6 is 0 Å². The van der Waals surface area contributed by atoms with E-state index in [1.54, 1.807) is 0 Å². The number of rotatable bonds is 5. The van der Waals surface area contributed by atoms with E-state index >= 15 is 0 Å². The van der Waals surface area contributed by atoms with Crippen LogP contribution in [0.15, 0.2) is 54.6 Å². The molecule has 0 saturated heterocycles. The molecule has 1 aromatic heterocycles. The van der Waals surface area contributed by atoms with Gasteiger partial charge >= 0.3 is 0 Å². The fraction of sp³-hybridized carbons (Fsp3) is 0.304. The average Bonchev–Trinajstić information content (AvgIpc) is 3.06. The first kappa shape index (κ1) is 18.3. The Morgan fingerprint density at radius 1 is 1.18 bits per heavy atom. The number of nitrogens with one attached hydrogen (secondary N) is 1. The van der Waals surface area contributed by atoms with Crippen LogP contribution in [0, 0.1) is 19.8 Å². The SMILES string of the molecule is Cc1cc(C)n(-c2ccc(CCNC(=O)C3COc4ccccc4C3)cc2)n1. The lowest BCUT2D eigenvalue weighted by Gasteiger charge is -2.24. The predicted octanol–water partition coefficient (Wildman–Crippen LogP) is 3.40. The Morgan fingerprint density at radius 3 is 2.71 bits per heavy atom. The highest BCUT2D eigenvalue weighted by Crippen LogP contribution is 2.26. The van der Waals surface area contributed by atoms with Crippen LogP contribution in [0.4, 0.5) is 0 Å². The highest BCUT2D eigenvalue weighted by atomic mass is 16.5. The number of ether oxygens (including phenoxy) is 1. The van der Waals surface area contributed by atoms with Crippen LogP contribution in [0.25, 0.3) is 5.69 Å². The highest BCUT2D eigenvalue weighted by Gasteiger charge is 2.25. The number of benzene rings is 2. The maximum atomic E-state index is 12.5. The van der Waals surface area contributed by atoms with Gasteiger partial charge < -0.3 is 10.1 Å². The van der Waals surface area contributed by atoms with Crippen molar-refractivity contribution in [2.75, 3.05) is 13.2 Å². The normalized spacial score (nSPS) is 15.6. The van der Waals surface area contributed by atoms with Crippen LogP contribution in [0.3, 0.4) is 0 Å². The maximum Gasteiger partial charge on any atom is 0.226 e. The van der Waals surface area contributed by atoms with E-state index in [0.717, 1.165) is 41.2 Å². The molecule has 1 N–H and O–H groups in total. The van der Waals surface area contributed by atoms with Crippen molar-refractivity contribution >= 4 is 5.91 Å². The summed E-state index contributed by atoms with van der Waals surface area (Å²) in [7, 11) is 0. The van der Waals surface area contributed by atoms with E-state index in [0.29, 0.717) is 13.2 Å². The van der Waals surface area contributed by atoms with Crippen LogP contribution in [0.5, 0.6) is 5.75 Å². The third-order valence-corrected chi connectivity index (χ3v) is 5.15. The number of para-hydroxylation sites is 1. The number of fused-ring (bicyclic) bond motifs is 1. The Kier molecular flexibility index (Phi) is 5.15. The molecule has 3 aromatic rings. The molecule has 4 rings (SSSR count). The van der Waals surface area contributed by atoms with E-state index in [9.17, 15) is 4.79 Å². The molecule has 0 fully saturated rings. The van der Waals surface area contributed by atoms with Crippen LogP contribution in [0.1, 0.15) is 22.5 Å². The molecule has 5 heteroatoms. The van der Waals surface area contributed by atoms with Crippen molar-refractivity contribution in [3.8, 4) is 11.4 Å². The van der Waals surface area contributed by atoms with Crippen LogP contribution in [0.2, 0.25) is 0 Å². The molecule has 2 heterocycles. The smallest absolute Gasteiger partial charge is 0.226 e. The van der Waals surface area contributed by atoms with Crippen molar-refractivity contribution < 1.29 is 9.53 Å². The van der Waals surface area contributed by atoms with Crippen molar-refractivity contribution in [3.05, 3.63) is 77.1 Å². The van der Waals surface area contributed by atoms with E-state index < -0.39 is 0 Å². The van der Waals surface area contributed by atoms with Gasteiger partial charge in [0.2, 0.25) is 5.91 Å². The minimum absolute atomic E-state index is 0.0637. The second-order valence-corrected chi connectivity index (χ2v) is 7.37. The quantitative estimate of drug-likeness (QED) is 0.744. The summed E-state index contributed by atoms with van der Waals surface area (Å²) in [6.07, 6.45) is 1.53. The van der Waals surface area contributed by atoms with Gasteiger partial charge in [-0.1, -0.05) is 30.3 Å². The number of carbonyl (C=O) groups is 1. The number of hydrogen-bond donors (Lipinski definition) is 1. The molecule has 1 aliphatic heterocycles. The van der Waals surface area contributed by atoms with E-state index in [-0.39, 0.29) is 11.8 Å². The lowest BCUT2D eigenvalue weighted by molar-refractivity contribution is -0.126. The zero-order chi connectivity index (χ0) is 19.5. The van der Waals surface area contributed by atoms with Gasteiger partial charge in [-0.2, -0.15) is 5.10 Å². The van der Waals surface area contributed by atoms with Crippen LogP contribution in [-0.4, -0.2) is 28.8 Å². The Hall–Kier alpha value is -3.08. The largest absolute Gasteiger partial charge is 0.492 e. The van der Waals surface area contributed by atoms with Crippen LogP contribution < -0.4 is 10.1 Å². The molecule has 0 spiro atoms. The Bertz CT molecular complexity index is 976. The van der Waals surface area contributed by atoms with Gasteiger partial charge in [-0.3, -0.25) is 4.79 Å². The molecule has 0 bridgehead atoms. The fourth-order valence-electron chi connectivity index (χ4n) is 3.66. The molecule has 1 atom stereocenters. The molecule has 1 aliphatic rings. The van der Waals surface area contributed by atoms with Crippen molar-refractivity contribution in [1.29, 1.82) is 0 Å². The molecule has 28 heavy (non-hydrogen) atoms. The summed E-state index contributed by atoms with van der Waals surface area (Å²) in [4.78, 5) is 12.5. The molecular formula is C23H25N3O2. The van der Waals surface area contributed by atoms with Gasteiger partial charge in [-0.25, -0.2) is 4.68 Å². The fourth-order valence-corrected chi connectivity index (χ4v) is 3.66. The van der Waals surface area contributed by atoms with Gasteiger partial charge in [0.15, 0.2) is 0 Å². The number of aromatic nitrogens is 2. The number of hydrogen-bond acceptors (Lipinski definition) is 3. The zero-order valence-corrected chi connectivity index (χ0v) is 16.3. The maximum absolute atomic E-state index is 12.5. The third kappa shape index (κ3) is 3.93. The van der Waals surface area contributed by atoms with Gasteiger partial charge in [-0.15, -0.1) is 0 Å². The lowest BCUT2D eigenvalue weighted by atomic mass is 9.96.